The second-order valence-electron chi connectivity index (χ2n) is 7.50. The maximum atomic E-state index is 9.36. The maximum Gasteiger partial charge on any atom is 0.150 e. The molecule has 3 heterocycles. The zero-order chi connectivity index (χ0) is 15.7. The molecule has 1 saturated heterocycles. The van der Waals surface area contributed by atoms with E-state index in [-0.39, 0.29) is 11.7 Å². The monoisotopic (exact) mass is 330 g/mol. The summed E-state index contributed by atoms with van der Waals surface area (Å²) in [4.78, 5) is 4.02. The summed E-state index contributed by atoms with van der Waals surface area (Å²) in [6.07, 6.45) is 9.73. The van der Waals surface area contributed by atoms with Gasteiger partial charge in [0.1, 0.15) is 6.10 Å². The fraction of sp³-hybridized carbons (Fsp3) is 0.737. The van der Waals surface area contributed by atoms with E-state index in [1.807, 2.05) is 0 Å². The van der Waals surface area contributed by atoms with Crippen LogP contribution in [0.25, 0.3) is 0 Å². The van der Waals surface area contributed by atoms with Gasteiger partial charge >= 0.3 is 0 Å². The van der Waals surface area contributed by atoms with Crippen LogP contribution in [0.1, 0.15) is 55.4 Å². The molecule has 124 valence electrons. The Bertz CT molecular complexity index is 576. The van der Waals surface area contributed by atoms with Gasteiger partial charge in [-0.2, -0.15) is 5.26 Å². The molecule has 1 aromatic rings. The van der Waals surface area contributed by atoms with Gasteiger partial charge in [-0.1, -0.05) is 19.3 Å². The lowest BCUT2D eigenvalue weighted by atomic mass is 9.81. The number of likely N-dealkylation sites (tertiary alicyclic amines) is 1. The van der Waals surface area contributed by atoms with Crippen LogP contribution in [0.5, 0.6) is 0 Å². The first-order chi connectivity index (χ1) is 11.3. The minimum absolute atomic E-state index is 0.183. The molecule has 23 heavy (non-hydrogen) atoms. The topological polar surface area (TPSA) is 36.3 Å². The third-order valence-corrected chi connectivity index (χ3v) is 6.97. The van der Waals surface area contributed by atoms with E-state index >= 15 is 0 Å². The molecule has 0 N–H and O–H groups in total. The molecule has 0 bridgehead atoms. The Labute approximate surface area is 143 Å². The van der Waals surface area contributed by atoms with Gasteiger partial charge in [0.2, 0.25) is 0 Å². The number of fused-ring (bicyclic) bond motifs is 2. The van der Waals surface area contributed by atoms with Gasteiger partial charge in [-0.25, -0.2) is 0 Å². The molecule has 4 rings (SSSR count). The first-order valence-electron chi connectivity index (χ1n) is 9.16. The highest BCUT2D eigenvalue weighted by Gasteiger charge is 2.44. The summed E-state index contributed by atoms with van der Waals surface area (Å²) in [5.74, 6) is 0.911. The third-order valence-electron chi connectivity index (χ3n) is 6.02. The second-order valence-corrected chi connectivity index (χ2v) is 8.50. The van der Waals surface area contributed by atoms with E-state index in [9.17, 15) is 5.26 Å². The van der Waals surface area contributed by atoms with Crippen molar-refractivity contribution in [1.82, 2.24) is 4.90 Å². The number of hydrogen-bond donors (Lipinski definition) is 0. The largest absolute Gasteiger partial charge is 0.352 e. The Hall–Kier alpha value is -0.890. The van der Waals surface area contributed by atoms with Gasteiger partial charge < -0.3 is 9.64 Å². The van der Waals surface area contributed by atoms with E-state index in [4.69, 9.17) is 4.74 Å². The SMILES string of the molecule is N#CC1Cc2sccc2C2(CCN(CC3CCCCC3)CC2)O1. The van der Waals surface area contributed by atoms with Crippen LogP contribution in [0, 0.1) is 17.2 Å². The molecule has 1 aliphatic carbocycles. The van der Waals surface area contributed by atoms with Crippen LogP contribution in [0.4, 0.5) is 0 Å². The van der Waals surface area contributed by atoms with Crippen molar-refractivity contribution in [1.29, 1.82) is 5.26 Å². The average molecular weight is 330 g/mol. The highest BCUT2D eigenvalue weighted by Crippen LogP contribution is 2.45. The molecule has 3 aliphatic rings. The molecule has 3 nitrogen and oxygen atoms in total. The molecular weight excluding hydrogens is 304 g/mol. The van der Waals surface area contributed by atoms with Gasteiger partial charge in [0.15, 0.2) is 0 Å². The molecule has 2 aliphatic heterocycles. The molecule has 4 heteroatoms. The summed E-state index contributed by atoms with van der Waals surface area (Å²) < 4.78 is 6.31. The standard InChI is InChI=1S/C19H26N2OS/c20-13-16-12-18-17(6-11-23-18)19(22-16)7-9-21(10-8-19)14-15-4-2-1-3-5-15/h6,11,15-16H,1-5,7-10,12,14H2. The van der Waals surface area contributed by atoms with Crippen molar-refractivity contribution >= 4 is 11.3 Å². The number of hydrogen-bond acceptors (Lipinski definition) is 4. The normalized spacial score (nSPS) is 28.4. The van der Waals surface area contributed by atoms with Gasteiger partial charge in [0.05, 0.1) is 11.7 Å². The Morgan fingerprint density at radius 3 is 2.78 bits per heavy atom. The quantitative estimate of drug-likeness (QED) is 0.819. The molecule has 0 amide bonds. The first kappa shape index (κ1) is 15.6. The average Bonchev–Trinajstić information content (AvgIpc) is 3.07. The van der Waals surface area contributed by atoms with Crippen LogP contribution < -0.4 is 0 Å². The summed E-state index contributed by atoms with van der Waals surface area (Å²) in [5.41, 5.74) is 1.20. The lowest BCUT2D eigenvalue weighted by Crippen LogP contribution is -2.49. The van der Waals surface area contributed by atoms with E-state index < -0.39 is 0 Å². The maximum absolute atomic E-state index is 9.36. The lowest BCUT2D eigenvalue weighted by Gasteiger charge is -2.46. The molecule has 1 unspecified atom stereocenters. The summed E-state index contributed by atoms with van der Waals surface area (Å²) in [6, 6.07) is 4.59. The molecule has 1 atom stereocenters. The van der Waals surface area contributed by atoms with Crippen LogP contribution in [0.3, 0.4) is 0 Å². The van der Waals surface area contributed by atoms with Crippen molar-refractivity contribution in [2.24, 2.45) is 5.92 Å². The summed E-state index contributed by atoms with van der Waals surface area (Å²) >= 11 is 1.80. The number of ether oxygens (including phenoxy) is 1. The number of thiophene rings is 1. The van der Waals surface area contributed by atoms with Crippen LogP contribution in [0.15, 0.2) is 11.4 Å². The number of nitriles is 1. The summed E-state index contributed by atoms with van der Waals surface area (Å²) in [6.45, 7) is 3.50. The number of nitrogens with zero attached hydrogens (tertiary/aromatic N) is 2. The fourth-order valence-electron chi connectivity index (χ4n) is 4.74. The van der Waals surface area contributed by atoms with Gasteiger partial charge in [-0.05, 0) is 48.6 Å². The van der Waals surface area contributed by atoms with Crippen molar-refractivity contribution in [2.45, 2.75) is 63.1 Å². The zero-order valence-corrected chi connectivity index (χ0v) is 14.6. The molecular formula is C19H26N2OS. The highest BCUT2D eigenvalue weighted by atomic mass is 32.1. The van der Waals surface area contributed by atoms with Crippen molar-refractivity contribution < 1.29 is 4.74 Å². The number of rotatable bonds is 2. The van der Waals surface area contributed by atoms with Crippen molar-refractivity contribution in [3.63, 3.8) is 0 Å². The third kappa shape index (κ3) is 3.07. The highest BCUT2D eigenvalue weighted by molar-refractivity contribution is 7.10. The Kier molecular flexibility index (Phi) is 4.45. The van der Waals surface area contributed by atoms with Crippen LogP contribution in [0.2, 0.25) is 0 Å². The minimum Gasteiger partial charge on any atom is -0.352 e. The van der Waals surface area contributed by atoms with Crippen molar-refractivity contribution in [3.05, 3.63) is 21.9 Å². The summed E-state index contributed by atoms with van der Waals surface area (Å²) in [5, 5.41) is 11.5. The molecule has 1 spiro atoms. The fourth-order valence-corrected chi connectivity index (χ4v) is 5.74. The number of piperidine rings is 1. The summed E-state index contributed by atoms with van der Waals surface area (Å²) in [7, 11) is 0. The predicted octanol–water partition coefficient (Wildman–Crippen LogP) is 4.08. The van der Waals surface area contributed by atoms with Gasteiger partial charge in [-0.3, -0.25) is 0 Å². The van der Waals surface area contributed by atoms with Crippen LogP contribution in [-0.2, 0) is 16.8 Å². The molecule has 1 saturated carbocycles. The van der Waals surface area contributed by atoms with Crippen LogP contribution >= 0.6 is 11.3 Å². The van der Waals surface area contributed by atoms with Gasteiger partial charge in [0.25, 0.3) is 0 Å². The predicted molar refractivity (Wildman–Crippen MR) is 92.4 cm³/mol. The molecule has 0 aromatic carbocycles. The second kappa shape index (κ2) is 6.55. The van der Waals surface area contributed by atoms with E-state index in [2.05, 4.69) is 22.4 Å². The van der Waals surface area contributed by atoms with Crippen molar-refractivity contribution in [2.75, 3.05) is 19.6 Å². The van der Waals surface area contributed by atoms with E-state index in [0.717, 1.165) is 38.3 Å². The van der Waals surface area contributed by atoms with E-state index in [1.54, 1.807) is 11.3 Å². The van der Waals surface area contributed by atoms with Crippen LogP contribution in [-0.4, -0.2) is 30.6 Å². The Morgan fingerprint density at radius 1 is 1.26 bits per heavy atom. The van der Waals surface area contributed by atoms with E-state index in [1.165, 1.54) is 49.1 Å². The zero-order valence-electron chi connectivity index (χ0n) is 13.8. The van der Waals surface area contributed by atoms with E-state index in [0.29, 0.717) is 0 Å². The minimum atomic E-state index is -0.258. The first-order valence-corrected chi connectivity index (χ1v) is 10.0. The van der Waals surface area contributed by atoms with Gasteiger partial charge in [-0.15, -0.1) is 11.3 Å². The Balaban J connectivity index is 1.43. The van der Waals surface area contributed by atoms with Crippen molar-refractivity contribution in [3.8, 4) is 6.07 Å². The Morgan fingerprint density at radius 2 is 2.04 bits per heavy atom. The molecule has 1 aromatic heterocycles. The van der Waals surface area contributed by atoms with Gasteiger partial charge in [0, 0.05) is 30.9 Å². The molecule has 0 radical (unpaired) electrons. The lowest BCUT2D eigenvalue weighted by molar-refractivity contribution is -0.122. The smallest absolute Gasteiger partial charge is 0.150 e. The molecule has 2 fully saturated rings.